The summed E-state index contributed by atoms with van der Waals surface area (Å²) in [5.41, 5.74) is 0.984. The zero-order valence-corrected chi connectivity index (χ0v) is 15.3. The van der Waals surface area contributed by atoms with E-state index in [4.69, 9.17) is 9.15 Å². The number of hydrogen-bond donors (Lipinski definition) is 1. The smallest absolute Gasteiger partial charge is 0.269 e. The normalized spacial score (nSPS) is 17.1. The van der Waals surface area contributed by atoms with Gasteiger partial charge in [0.05, 0.1) is 30.4 Å². The van der Waals surface area contributed by atoms with Gasteiger partial charge >= 0.3 is 0 Å². The second kappa shape index (κ2) is 9.18. The Morgan fingerprint density at radius 2 is 2.19 bits per heavy atom. The second-order valence-corrected chi connectivity index (χ2v) is 6.51. The van der Waals surface area contributed by atoms with E-state index in [9.17, 15) is 10.1 Å². The summed E-state index contributed by atoms with van der Waals surface area (Å²) in [5.74, 6) is 1.58. The molecule has 1 aliphatic heterocycles. The Morgan fingerprint density at radius 3 is 2.81 bits per heavy atom. The molecule has 1 aromatic carbocycles. The number of nitrogens with one attached hydrogen (secondary N) is 1. The summed E-state index contributed by atoms with van der Waals surface area (Å²) in [7, 11) is 1.94. The molecule has 8 nitrogen and oxygen atoms in total. The van der Waals surface area contributed by atoms with Crippen molar-refractivity contribution in [2.24, 2.45) is 4.99 Å². The van der Waals surface area contributed by atoms with Gasteiger partial charge in [-0.25, -0.2) is 4.99 Å². The standard InChI is InChI=1S/C19H24N4O4/c1-22(14-18-5-3-11-27-18)19(21-13-17-4-2-10-26-17)20-12-15-6-8-16(9-7-15)23(24)25/h3,5-9,11,17H,2,4,10,12-14H2,1H3,(H,20,21). The highest BCUT2D eigenvalue weighted by Gasteiger charge is 2.17. The van der Waals surface area contributed by atoms with Crippen LogP contribution in [0.15, 0.2) is 52.1 Å². The van der Waals surface area contributed by atoms with Crippen LogP contribution < -0.4 is 5.32 Å². The zero-order chi connectivity index (χ0) is 19.1. The van der Waals surface area contributed by atoms with Gasteiger partial charge in [0.2, 0.25) is 0 Å². The molecule has 1 aliphatic rings. The lowest BCUT2D eigenvalue weighted by Gasteiger charge is -2.23. The van der Waals surface area contributed by atoms with Gasteiger partial charge in [0.1, 0.15) is 5.76 Å². The summed E-state index contributed by atoms with van der Waals surface area (Å²) in [6.45, 7) is 2.52. The van der Waals surface area contributed by atoms with Gasteiger partial charge in [-0.05, 0) is 30.5 Å². The number of nitro groups is 1. The first-order valence-corrected chi connectivity index (χ1v) is 8.98. The Bertz CT molecular complexity index is 753. The van der Waals surface area contributed by atoms with E-state index in [-0.39, 0.29) is 11.8 Å². The quantitative estimate of drug-likeness (QED) is 0.348. The molecule has 0 radical (unpaired) electrons. The first kappa shape index (κ1) is 18.9. The molecular formula is C19H24N4O4. The lowest BCUT2D eigenvalue weighted by atomic mass is 10.2. The Morgan fingerprint density at radius 1 is 1.37 bits per heavy atom. The van der Waals surface area contributed by atoms with Crippen molar-refractivity contribution in [1.82, 2.24) is 10.2 Å². The first-order valence-electron chi connectivity index (χ1n) is 8.98. The molecule has 2 heterocycles. The van der Waals surface area contributed by atoms with Crippen molar-refractivity contribution >= 4 is 11.6 Å². The summed E-state index contributed by atoms with van der Waals surface area (Å²) >= 11 is 0. The molecule has 0 spiro atoms. The minimum absolute atomic E-state index is 0.0781. The maximum atomic E-state index is 10.8. The van der Waals surface area contributed by atoms with Crippen LogP contribution in [0.4, 0.5) is 5.69 Å². The van der Waals surface area contributed by atoms with E-state index in [1.165, 1.54) is 12.1 Å². The van der Waals surface area contributed by atoms with Gasteiger partial charge in [-0.3, -0.25) is 10.1 Å². The number of nitrogens with zero attached hydrogens (tertiary/aromatic N) is 3. The molecule has 0 aliphatic carbocycles. The highest BCUT2D eigenvalue weighted by Crippen LogP contribution is 2.14. The number of ether oxygens (including phenoxy) is 1. The van der Waals surface area contributed by atoms with E-state index in [1.54, 1.807) is 18.4 Å². The fourth-order valence-corrected chi connectivity index (χ4v) is 2.92. The topological polar surface area (TPSA) is 93.1 Å². The third kappa shape index (κ3) is 5.55. The Labute approximate surface area is 158 Å². The molecule has 1 N–H and O–H groups in total. The summed E-state index contributed by atoms with van der Waals surface area (Å²) in [6, 6.07) is 10.2. The van der Waals surface area contributed by atoms with Crippen molar-refractivity contribution in [3.8, 4) is 0 Å². The van der Waals surface area contributed by atoms with Crippen molar-refractivity contribution in [2.75, 3.05) is 20.2 Å². The maximum absolute atomic E-state index is 10.8. The average Bonchev–Trinajstić information content (AvgIpc) is 3.36. The van der Waals surface area contributed by atoms with Crippen LogP contribution in [0.2, 0.25) is 0 Å². The third-order valence-electron chi connectivity index (χ3n) is 4.41. The Kier molecular flexibility index (Phi) is 6.43. The van der Waals surface area contributed by atoms with Gasteiger partial charge in [0.25, 0.3) is 5.69 Å². The van der Waals surface area contributed by atoms with Crippen LogP contribution in [0.25, 0.3) is 0 Å². The highest BCUT2D eigenvalue weighted by molar-refractivity contribution is 5.79. The minimum atomic E-state index is -0.404. The van der Waals surface area contributed by atoms with Crippen LogP contribution in [0, 0.1) is 10.1 Å². The molecule has 8 heteroatoms. The molecule has 1 fully saturated rings. The first-order chi connectivity index (χ1) is 13.1. The largest absolute Gasteiger partial charge is 0.467 e. The van der Waals surface area contributed by atoms with E-state index >= 15 is 0 Å². The third-order valence-corrected chi connectivity index (χ3v) is 4.41. The summed E-state index contributed by atoms with van der Waals surface area (Å²) in [6.07, 6.45) is 3.98. The molecule has 1 aromatic heterocycles. The van der Waals surface area contributed by atoms with Crippen LogP contribution in [0.5, 0.6) is 0 Å². The van der Waals surface area contributed by atoms with Crippen LogP contribution >= 0.6 is 0 Å². The predicted octanol–water partition coefficient (Wildman–Crippen LogP) is 2.94. The minimum Gasteiger partial charge on any atom is -0.467 e. The lowest BCUT2D eigenvalue weighted by molar-refractivity contribution is -0.384. The van der Waals surface area contributed by atoms with Crippen LogP contribution in [0.3, 0.4) is 0 Å². The molecule has 0 saturated carbocycles. The Hall–Kier alpha value is -2.87. The molecule has 1 atom stereocenters. The van der Waals surface area contributed by atoms with Crippen LogP contribution in [0.1, 0.15) is 24.2 Å². The molecule has 0 bridgehead atoms. The van der Waals surface area contributed by atoms with Gasteiger partial charge in [0, 0.05) is 32.3 Å². The predicted molar refractivity (Wildman–Crippen MR) is 101 cm³/mol. The molecular weight excluding hydrogens is 348 g/mol. The van der Waals surface area contributed by atoms with E-state index in [2.05, 4.69) is 10.3 Å². The van der Waals surface area contributed by atoms with Gasteiger partial charge in [-0.1, -0.05) is 12.1 Å². The molecule has 3 rings (SSSR count). The van der Waals surface area contributed by atoms with Crippen molar-refractivity contribution < 1.29 is 14.1 Å². The van der Waals surface area contributed by atoms with E-state index in [1.807, 2.05) is 24.1 Å². The van der Waals surface area contributed by atoms with E-state index in [0.717, 1.165) is 36.7 Å². The molecule has 2 aromatic rings. The Balaban J connectivity index is 1.66. The summed E-state index contributed by atoms with van der Waals surface area (Å²) in [5, 5.41) is 14.1. The van der Waals surface area contributed by atoms with Gasteiger partial charge in [-0.2, -0.15) is 0 Å². The second-order valence-electron chi connectivity index (χ2n) is 6.51. The average molecular weight is 372 g/mol. The fourth-order valence-electron chi connectivity index (χ4n) is 2.92. The van der Waals surface area contributed by atoms with Crippen molar-refractivity contribution in [3.63, 3.8) is 0 Å². The maximum Gasteiger partial charge on any atom is 0.269 e. The number of non-ortho nitro benzene ring substituents is 1. The molecule has 1 saturated heterocycles. The number of hydrogen-bond acceptors (Lipinski definition) is 5. The van der Waals surface area contributed by atoms with Crippen LogP contribution in [-0.2, 0) is 17.8 Å². The molecule has 0 amide bonds. The number of aliphatic imine (C=N–C) groups is 1. The van der Waals surface area contributed by atoms with Gasteiger partial charge in [-0.15, -0.1) is 0 Å². The number of furan rings is 1. The molecule has 144 valence electrons. The van der Waals surface area contributed by atoms with E-state index in [0.29, 0.717) is 19.6 Å². The van der Waals surface area contributed by atoms with Crippen molar-refractivity contribution in [1.29, 1.82) is 0 Å². The summed E-state index contributed by atoms with van der Waals surface area (Å²) < 4.78 is 11.1. The number of benzene rings is 1. The highest BCUT2D eigenvalue weighted by atomic mass is 16.6. The monoisotopic (exact) mass is 372 g/mol. The van der Waals surface area contributed by atoms with E-state index < -0.39 is 4.92 Å². The van der Waals surface area contributed by atoms with Crippen molar-refractivity contribution in [3.05, 3.63) is 64.1 Å². The number of rotatable bonds is 7. The zero-order valence-electron chi connectivity index (χ0n) is 15.3. The molecule has 1 unspecified atom stereocenters. The van der Waals surface area contributed by atoms with Gasteiger partial charge < -0.3 is 19.4 Å². The fraction of sp³-hybridized carbons (Fsp3) is 0.421. The lowest BCUT2D eigenvalue weighted by Crippen LogP contribution is -2.41. The van der Waals surface area contributed by atoms with Gasteiger partial charge in [0.15, 0.2) is 5.96 Å². The van der Waals surface area contributed by atoms with Crippen LogP contribution in [-0.4, -0.2) is 42.1 Å². The summed E-state index contributed by atoms with van der Waals surface area (Å²) in [4.78, 5) is 17.0. The van der Waals surface area contributed by atoms with Crippen molar-refractivity contribution in [2.45, 2.75) is 32.0 Å². The SMILES string of the molecule is CN(Cc1ccco1)C(=NCc1ccc([N+](=O)[O-])cc1)NCC1CCCO1. The number of nitro benzene ring substituents is 1. The molecule has 27 heavy (non-hydrogen) atoms. The number of guanidine groups is 1.